The predicted octanol–water partition coefficient (Wildman–Crippen LogP) is 1.47. The van der Waals surface area contributed by atoms with Crippen molar-refractivity contribution in [2.45, 2.75) is 52.0 Å². The zero-order chi connectivity index (χ0) is 14.3. The molecule has 2 fully saturated rings. The lowest BCUT2D eigenvalue weighted by atomic mass is 9.67. The summed E-state index contributed by atoms with van der Waals surface area (Å²) in [5, 5.41) is 2.91. The molecule has 1 saturated carbocycles. The number of urea groups is 1. The Hall–Kier alpha value is -1.10. The van der Waals surface area contributed by atoms with Gasteiger partial charge in [-0.25, -0.2) is 4.79 Å². The summed E-state index contributed by atoms with van der Waals surface area (Å²) in [5.74, 6) is 0.543. The molecule has 0 aromatic heterocycles. The van der Waals surface area contributed by atoms with E-state index in [1.54, 1.807) is 0 Å². The fourth-order valence-corrected chi connectivity index (χ4v) is 3.32. The van der Waals surface area contributed by atoms with Gasteiger partial charge < -0.3 is 11.1 Å². The highest BCUT2D eigenvalue weighted by atomic mass is 16.2. The van der Waals surface area contributed by atoms with Crippen LogP contribution < -0.4 is 11.1 Å². The van der Waals surface area contributed by atoms with Crippen molar-refractivity contribution in [3.05, 3.63) is 0 Å². The van der Waals surface area contributed by atoms with Crippen molar-refractivity contribution in [3.63, 3.8) is 0 Å². The van der Waals surface area contributed by atoms with Crippen LogP contribution in [-0.4, -0.2) is 35.5 Å². The Morgan fingerprint density at radius 2 is 1.89 bits per heavy atom. The molecule has 1 aliphatic carbocycles. The van der Waals surface area contributed by atoms with Gasteiger partial charge in [0.05, 0.1) is 0 Å². The van der Waals surface area contributed by atoms with Gasteiger partial charge in [-0.05, 0) is 37.0 Å². The van der Waals surface area contributed by atoms with Gasteiger partial charge in [-0.15, -0.1) is 0 Å². The van der Waals surface area contributed by atoms with E-state index in [-0.39, 0.29) is 17.4 Å². The zero-order valence-electron chi connectivity index (χ0n) is 12.2. The molecule has 5 nitrogen and oxygen atoms in total. The van der Waals surface area contributed by atoms with Crippen LogP contribution >= 0.6 is 0 Å². The smallest absolute Gasteiger partial charge is 0.325 e. The molecule has 2 rings (SSSR count). The average Bonchev–Trinajstić information content (AvgIpc) is 2.54. The quantitative estimate of drug-likeness (QED) is 0.744. The molecule has 3 N–H and O–H groups in total. The summed E-state index contributed by atoms with van der Waals surface area (Å²) < 4.78 is 0. The normalized spacial score (nSPS) is 32.0. The number of nitrogens with zero attached hydrogens (tertiary/aromatic N) is 1. The van der Waals surface area contributed by atoms with Crippen molar-refractivity contribution in [3.8, 4) is 0 Å². The van der Waals surface area contributed by atoms with Gasteiger partial charge in [0.25, 0.3) is 5.91 Å². The van der Waals surface area contributed by atoms with Gasteiger partial charge in [-0.2, -0.15) is 0 Å². The largest absolute Gasteiger partial charge is 0.329 e. The first-order chi connectivity index (χ1) is 8.80. The maximum atomic E-state index is 12.4. The van der Waals surface area contributed by atoms with Crippen LogP contribution in [0.15, 0.2) is 0 Å². The number of nitrogens with two attached hydrogens (primary N) is 1. The van der Waals surface area contributed by atoms with E-state index in [1.165, 1.54) is 4.90 Å². The lowest BCUT2D eigenvalue weighted by Crippen LogP contribution is -2.50. The first-order valence-corrected chi connectivity index (χ1v) is 7.14. The van der Waals surface area contributed by atoms with Crippen molar-refractivity contribution in [2.75, 3.05) is 13.1 Å². The van der Waals surface area contributed by atoms with Crippen LogP contribution in [0.25, 0.3) is 0 Å². The molecular weight excluding hydrogens is 242 g/mol. The van der Waals surface area contributed by atoms with E-state index < -0.39 is 5.54 Å². The molecule has 5 heteroatoms. The van der Waals surface area contributed by atoms with E-state index >= 15 is 0 Å². The molecule has 2 aliphatic rings. The third kappa shape index (κ3) is 2.48. The van der Waals surface area contributed by atoms with Gasteiger partial charge in [0, 0.05) is 13.1 Å². The second-order valence-corrected chi connectivity index (χ2v) is 6.90. The number of imide groups is 1. The summed E-state index contributed by atoms with van der Waals surface area (Å²) in [7, 11) is 0. The molecule has 108 valence electrons. The molecule has 19 heavy (non-hydrogen) atoms. The van der Waals surface area contributed by atoms with Gasteiger partial charge in [0.2, 0.25) is 0 Å². The van der Waals surface area contributed by atoms with Gasteiger partial charge in [0.1, 0.15) is 5.54 Å². The number of hydrogen-bond donors (Lipinski definition) is 2. The predicted molar refractivity (Wildman–Crippen MR) is 73.4 cm³/mol. The van der Waals surface area contributed by atoms with Crippen LogP contribution in [-0.2, 0) is 4.79 Å². The molecule has 3 amide bonds. The summed E-state index contributed by atoms with van der Waals surface area (Å²) >= 11 is 0. The van der Waals surface area contributed by atoms with Crippen molar-refractivity contribution in [2.24, 2.45) is 17.1 Å². The Balaban J connectivity index is 2.07. The van der Waals surface area contributed by atoms with Crippen LogP contribution in [0.1, 0.15) is 46.5 Å². The summed E-state index contributed by atoms with van der Waals surface area (Å²) in [6.07, 6.45) is 3.49. The van der Waals surface area contributed by atoms with Gasteiger partial charge in [-0.3, -0.25) is 9.69 Å². The Morgan fingerprint density at radius 1 is 1.32 bits per heavy atom. The SMILES string of the molecule is CC(C)(C)C1CCC2(CC1)NC(=O)N(CCN)C2=O. The summed E-state index contributed by atoms with van der Waals surface area (Å²) in [4.78, 5) is 25.6. The maximum absolute atomic E-state index is 12.4. The standard InChI is InChI=1S/C14H25N3O2/c1-13(2,3)10-4-6-14(7-5-10)11(18)17(9-8-15)12(19)16-14/h10H,4-9,15H2,1-3H3,(H,16,19). The highest BCUT2D eigenvalue weighted by Crippen LogP contribution is 2.43. The highest BCUT2D eigenvalue weighted by molar-refractivity contribution is 6.07. The monoisotopic (exact) mass is 267 g/mol. The van der Waals surface area contributed by atoms with E-state index in [0.29, 0.717) is 19.0 Å². The first kappa shape index (κ1) is 14.3. The van der Waals surface area contributed by atoms with Crippen LogP contribution in [0.2, 0.25) is 0 Å². The van der Waals surface area contributed by atoms with Crippen LogP contribution in [0, 0.1) is 11.3 Å². The Kier molecular flexibility index (Phi) is 3.60. The summed E-state index contributed by atoms with van der Waals surface area (Å²) in [6, 6.07) is -0.273. The fourth-order valence-electron chi connectivity index (χ4n) is 3.32. The van der Waals surface area contributed by atoms with E-state index in [1.807, 2.05) is 0 Å². The van der Waals surface area contributed by atoms with Gasteiger partial charge in [0.15, 0.2) is 0 Å². The Morgan fingerprint density at radius 3 is 2.37 bits per heavy atom. The first-order valence-electron chi connectivity index (χ1n) is 7.14. The molecule has 1 spiro atoms. The zero-order valence-corrected chi connectivity index (χ0v) is 12.2. The Labute approximate surface area is 114 Å². The van der Waals surface area contributed by atoms with Gasteiger partial charge >= 0.3 is 6.03 Å². The van der Waals surface area contributed by atoms with E-state index in [2.05, 4.69) is 26.1 Å². The fraction of sp³-hybridized carbons (Fsp3) is 0.857. The molecule has 0 bridgehead atoms. The second-order valence-electron chi connectivity index (χ2n) is 6.90. The summed E-state index contributed by atoms with van der Waals surface area (Å²) in [6.45, 7) is 7.36. The number of hydrogen-bond acceptors (Lipinski definition) is 3. The number of nitrogens with one attached hydrogen (secondary N) is 1. The minimum Gasteiger partial charge on any atom is -0.329 e. The minimum absolute atomic E-state index is 0.0738. The topological polar surface area (TPSA) is 75.4 Å². The molecular formula is C14H25N3O2. The third-order valence-electron chi connectivity index (χ3n) is 4.66. The number of amides is 3. The van der Waals surface area contributed by atoms with Crippen LogP contribution in [0.4, 0.5) is 4.79 Å². The molecule has 0 radical (unpaired) electrons. The molecule has 0 atom stereocenters. The molecule has 0 aromatic carbocycles. The lowest BCUT2D eigenvalue weighted by Gasteiger charge is -2.40. The van der Waals surface area contributed by atoms with Crippen molar-refractivity contribution < 1.29 is 9.59 Å². The number of rotatable bonds is 2. The number of carbonyl (C=O) groups is 2. The van der Waals surface area contributed by atoms with Gasteiger partial charge in [-0.1, -0.05) is 20.8 Å². The number of carbonyl (C=O) groups excluding carboxylic acids is 2. The lowest BCUT2D eigenvalue weighted by molar-refractivity contribution is -0.133. The minimum atomic E-state index is -0.645. The van der Waals surface area contributed by atoms with Crippen LogP contribution in [0.5, 0.6) is 0 Å². The van der Waals surface area contributed by atoms with Crippen molar-refractivity contribution in [1.82, 2.24) is 10.2 Å². The maximum Gasteiger partial charge on any atom is 0.325 e. The average molecular weight is 267 g/mol. The molecule has 0 aromatic rings. The highest BCUT2D eigenvalue weighted by Gasteiger charge is 2.52. The molecule has 1 saturated heterocycles. The summed E-state index contributed by atoms with van der Waals surface area (Å²) in [5.41, 5.74) is 5.08. The third-order valence-corrected chi connectivity index (χ3v) is 4.66. The Bertz CT molecular complexity index is 379. The van der Waals surface area contributed by atoms with E-state index in [4.69, 9.17) is 5.73 Å². The second kappa shape index (κ2) is 4.78. The molecule has 1 heterocycles. The van der Waals surface area contributed by atoms with Crippen LogP contribution in [0.3, 0.4) is 0 Å². The van der Waals surface area contributed by atoms with Crippen molar-refractivity contribution in [1.29, 1.82) is 0 Å². The van der Waals surface area contributed by atoms with E-state index in [9.17, 15) is 9.59 Å². The van der Waals surface area contributed by atoms with Crippen molar-refractivity contribution >= 4 is 11.9 Å². The molecule has 1 aliphatic heterocycles. The molecule has 0 unspecified atom stereocenters. The van der Waals surface area contributed by atoms with E-state index in [0.717, 1.165) is 25.7 Å².